The maximum Gasteiger partial charge on any atom is 0.257 e. The first-order chi connectivity index (χ1) is 9.86. The van der Waals surface area contributed by atoms with Crippen LogP contribution in [0.4, 0.5) is 10.9 Å². The van der Waals surface area contributed by atoms with Gasteiger partial charge in [-0.05, 0) is 24.0 Å². The highest BCUT2D eigenvalue weighted by Crippen LogP contribution is 2.22. The van der Waals surface area contributed by atoms with Crippen LogP contribution in [-0.4, -0.2) is 15.9 Å². The number of nitrogens with one attached hydrogen (secondary N) is 1. The Balaban J connectivity index is 2.19. The van der Waals surface area contributed by atoms with E-state index in [-0.39, 0.29) is 11.8 Å². The third kappa shape index (κ3) is 3.78. The number of thiazole rings is 1. The minimum Gasteiger partial charge on any atom is -0.384 e. The number of anilines is 2. The number of amides is 1. The average molecular weight is 304 g/mol. The zero-order valence-corrected chi connectivity index (χ0v) is 13.5. The maximum atomic E-state index is 12.3. The topological polar surface area (TPSA) is 80.9 Å². The fourth-order valence-electron chi connectivity index (χ4n) is 1.78. The molecule has 5 nitrogen and oxygen atoms in total. The molecular formula is C15H20N4OS. The largest absolute Gasteiger partial charge is 0.384 e. The van der Waals surface area contributed by atoms with E-state index >= 15 is 0 Å². The predicted molar refractivity (Wildman–Crippen MR) is 86.9 cm³/mol. The van der Waals surface area contributed by atoms with E-state index in [0.29, 0.717) is 22.4 Å². The number of nitrogens with zero attached hydrogens (tertiary/aromatic N) is 2. The summed E-state index contributed by atoms with van der Waals surface area (Å²) in [6.07, 6.45) is 0. The summed E-state index contributed by atoms with van der Waals surface area (Å²) in [6, 6.07) is 3.35. The molecule has 112 valence electrons. The molecular weight excluding hydrogens is 284 g/mol. The van der Waals surface area contributed by atoms with E-state index in [1.165, 1.54) is 11.3 Å². The van der Waals surface area contributed by atoms with Gasteiger partial charge in [-0.2, -0.15) is 0 Å². The standard InChI is InChI=1S/C15H20N4OS/c1-8(2)11-5-10(6-13(16)17-11)14(20)19-15-18-12(7-21-15)9(3)4/h5-9H,1-4H3,(H2,16,17)(H,18,19,20). The van der Waals surface area contributed by atoms with Crippen molar-refractivity contribution in [1.82, 2.24) is 9.97 Å². The van der Waals surface area contributed by atoms with Crippen LogP contribution in [0.5, 0.6) is 0 Å². The minimum atomic E-state index is -0.212. The lowest BCUT2D eigenvalue weighted by molar-refractivity contribution is 0.102. The van der Waals surface area contributed by atoms with Crippen molar-refractivity contribution in [3.8, 4) is 0 Å². The van der Waals surface area contributed by atoms with Gasteiger partial charge < -0.3 is 5.73 Å². The Morgan fingerprint density at radius 1 is 1.14 bits per heavy atom. The molecule has 0 bridgehead atoms. The Morgan fingerprint density at radius 3 is 2.38 bits per heavy atom. The van der Waals surface area contributed by atoms with E-state index in [4.69, 9.17) is 5.73 Å². The molecule has 1 amide bonds. The van der Waals surface area contributed by atoms with Gasteiger partial charge in [0.2, 0.25) is 0 Å². The van der Waals surface area contributed by atoms with Crippen molar-refractivity contribution >= 4 is 28.2 Å². The second kappa shape index (κ2) is 6.22. The second-order valence-electron chi connectivity index (χ2n) is 5.55. The first-order valence-electron chi connectivity index (χ1n) is 6.91. The van der Waals surface area contributed by atoms with Gasteiger partial charge in [-0.1, -0.05) is 27.7 Å². The van der Waals surface area contributed by atoms with E-state index in [1.54, 1.807) is 12.1 Å². The monoisotopic (exact) mass is 304 g/mol. The lowest BCUT2D eigenvalue weighted by Gasteiger charge is -2.08. The minimum absolute atomic E-state index is 0.212. The molecule has 0 unspecified atom stereocenters. The molecule has 2 rings (SSSR count). The van der Waals surface area contributed by atoms with Crippen molar-refractivity contribution in [3.63, 3.8) is 0 Å². The van der Waals surface area contributed by atoms with Crippen LogP contribution in [0.2, 0.25) is 0 Å². The van der Waals surface area contributed by atoms with Crippen molar-refractivity contribution in [2.45, 2.75) is 39.5 Å². The summed E-state index contributed by atoms with van der Waals surface area (Å²) >= 11 is 1.43. The molecule has 3 N–H and O–H groups in total. The summed E-state index contributed by atoms with van der Waals surface area (Å²) in [5.41, 5.74) is 8.06. The number of hydrogen-bond donors (Lipinski definition) is 2. The lowest BCUT2D eigenvalue weighted by atomic mass is 10.1. The van der Waals surface area contributed by atoms with Gasteiger partial charge in [0.05, 0.1) is 5.69 Å². The number of aromatic nitrogens is 2. The number of nitrogen functional groups attached to an aromatic ring is 1. The van der Waals surface area contributed by atoms with Crippen molar-refractivity contribution in [2.24, 2.45) is 0 Å². The fraction of sp³-hybridized carbons (Fsp3) is 0.400. The highest BCUT2D eigenvalue weighted by molar-refractivity contribution is 7.14. The van der Waals surface area contributed by atoms with Gasteiger partial charge in [-0.25, -0.2) is 9.97 Å². The van der Waals surface area contributed by atoms with Crippen LogP contribution in [0.3, 0.4) is 0 Å². The summed E-state index contributed by atoms with van der Waals surface area (Å²) in [6.45, 7) is 8.16. The molecule has 2 heterocycles. The van der Waals surface area contributed by atoms with Gasteiger partial charge in [0.25, 0.3) is 5.91 Å². The SMILES string of the molecule is CC(C)c1cc(C(=O)Nc2nc(C(C)C)cs2)cc(N)n1. The number of carbonyl (C=O) groups is 1. The van der Waals surface area contributed by atoms with Crippen LogP contribution in [0.1, 0.15) is 61.3 Å². The molecule has 2 aromatic heterocycles. The zero-order chi connectivity index (χ0) is 15.6. The number of nitrogens with two attached hydrogens (primary N) is 1. The number of pyridine rings is 1. The predicted octanol–water partition coefficient (Wildman–Crippen LogP) is 3.62. The normalized spacial score (nSPS) is 11.1. The maximum absolute atomic E-state index is 12.3. The molecule has 6 heteroatoms. The molecule has 0 aliphatic rings. The lowest BCUT2D eigenvalue weighted by Crippen LogP contribution is -2.13. The van der Waals surface area contributed by atoms with Gasteiger partial charge in [0.1, 0.15) is 5.82 Å². The van der Waals surface area contributed by atoms with Crippen LogP contribution < -0.4 is 11.1 Å². The summed E-state index contributed by atoms with van der Waals surface area (Å²) in [4.78, 5) is 20.9. The molecule has 0 aliphatic heterocycles. The Morgan fingerprint density at radius 2 is 1.81 bits per heavy atom. The zero-order valence-electron chi connectivity index (χ0n) is 12.7. The van der Waals surface area contributed by atoms with Gasteiger partial charge in [-0.3, -0.25) is 10.1 Å². The highest BCUT2D eigenvalue weighted by atomic mass is 32.1. The average Bonchev–Trinajstić information content (AvgIpc) is 2.86. The van der Waals surface area contributed by atoms with Crippen LogP contribution >= 0.6 is 11.3 Å². The molecule has 0 fully saturated rings. The van der Waals surface area contributed by atoms with E-state index < -0.39 is 0 Å². The molecule has 21 heavy (non-hydrogen) atoms. The van der Waals surface area contributed by atoms with E-state index in [2.05, 4.69) is 29.1 Å². The van der Waals surface area contributed by atoms with Gasteiger partial charge in [0, 0.05) is 16.6 Å². The quantitative estimate of drug-likeness (QED) is 0.904. The van der Waals surface area contributed by atoms with Gasteiger partial charge in [0.15, 0.2) is 5.13 Å². The van der Waals surface area contributed by atoms with Crippen molar-refractivity contribution in [2.75, 3.05) is 11.1 Å². The van der Waals surface area contributed by atoms with Gasteiger partial charge in [-0.15, -0.1) is 11.3 Å². The summed E-state index contributed by atoms with van der Waals surface area (Å²) in [5, 5.41) is 5.37. The van der Waals surface area contributed by atoms with Crippen molar-refractivity contribution in [1.29, 1.82) is 0 Å². The Kier molecular flexibility index (Phi) is 4.57. The molecule has 0 saturated carbocycles. The van der Waals surface area contributed by atoms with Crippen LogP contribution in [0.15, 0.2) is 17.5 Å². The fourth-order valence-corrected chi connectivity index (χ4v) is 2.65. The Labute approximate surface area is 128 Å². The molecule has 0 aromatic carbocycles. The van der Waals surface area contributed by atoms with Gasteiger partial charge >= 0.3 is 0 Å². The van der Waals surface area contributed by atoms with Crippen LogP contribution in [0.25, 0.3) is 0 Å². The molecule has 0 saturated heterocycles. The third-order valence-electron chi connectivity index (χ3n) is 3.05. The number of carbonyl (C=O) groups excluding carboxylic acids is 1. The van der Waals surface area contributed by atoms with E-state index in [1.807, 2.05) is 19.2 Å². The summed E-state index contributed by atoms with van der Waals surface area (Å²) in [7, 11) is 0. The number of rotatable bonds is 4. The first kappa shape index (κ1) is 15.4. The molecule has 0 spiro atoms. The Hall–Kier alpha value is -1.95. The van der Waals surface area contributed by atoms with Crippen molar-refractivity contribution in [3.05, 3.63) is 34.5 Å². The second-order valence-corrected chi connectivity index (χ2v) is 6.40. The smallest absolute Gasteiger partial charge is 0.257 e. The molecule has 2 aromatic rings. The molecule has 0 radical (unpaired) electrons. The summed E-state index contributed by atoms with van der Waals surface area (Å²) in [5.74, 6) is 0.701. The summed E-state index contributed by atoms with van der Waals surface area (Å²) < 4.78 is 0. The van der Waals surface area contributed by atoms with E-state index in [0.717, 1.165) is 11.4 Å². The van der Waals surface area contributed by atoms with E-state index in [9.17, 15) is 4.79 Å². The van der Waals surface area contributed by atoms with Crippen molar-refractivity contribution < 1.29 is 4.79 Å². The number of hydrogen-bond acceptors (Lipinski definition) is 5. The Bertz CT molecular complexity index is 649. The van der Waals surface area contributed by atoms with Crippen LogP contribution in [0, 0.1) is 0 Å². The molecule has 0 aliphatic carbocycles. The molecule has 0 atom stereocenters. The highest BCUT2D eigenvalue weighted by Gasteiger charge is 2.13. The third-order valence-corrected chi connectivity index (χ3v) is 3.83. The first-order valence-corrected chi connectivity index (χ1v) is 7.79. The van der Waals surface area contributed by atoms with Crippen LogP contribution in [-0.2, 0) is 0 Å².